The van der Waals surface area contributed by atoms with E-state index in [-0.39, 0.29) is 20.3 Å². The Balaban J connectivity index is 2.32. The summed E-state index contributed by atoms with van der Waals surface area (Å²) >= 11 is 1.81. The molecule has 0 radical (unpaired) electrons. The molecule has 4 heteroatoms. The van der Waals surface area contributed by atoms with E-state index in [0.717, 1.165) is 11.1 Å². The van der Waals surface area contributed by atoms with Crippen molar-refractivity contribution in [2.75, 3.05) is 0 Å². The van der Waals surface area contributed by atoms with Crippen LogP contribution in [-0.4, -0.2) is 18.3 Å². The van der Waals surface area contributed by atoms with Crippen LogP contribution in [0.2, 0.25) is 0 Å². The second kappa shape index (κ2) is 3.49. The first-order chi connectivity index (χ1) is 7.36. The first-order valence-corrected chi connectivity index (χ1v) is 7.01. The fourth-order valence-electron chi connectivity index (χ4n) is 1.49. The third-order valence-corrected chi connectivity index (χ3v) is 5.89. The molecule has 15 heavy (non-hydrogen) atoms. The number of rotatable bonds is 1. The average molecular weight is 280 g/mol. The van der Waals surface area contributed by atoms with Gasteiger partial charge in [-0.2, -0.15) is 0 Å². The fraction of sp³-hybridized carbons (Fsp3) is 0. The zero-order valence-corrected chi connectivity index (χ0v) is 10.2. The molecule has 0 spiro atoms. The minimum atomic E-state index is 0.127. The van der Waals surface area contributed by atoms with Gasteiger partial charge in [0.1, 0.15) is 0 Å². The first kappa shape index (κ1) is 9.16. The zero-order valence-electron chi connectivity index (χ0n) is 7.71. The van der Waals surface area contributed by atoms with Crippen molar-refractivity contribution < 1.29 is 0 Å². The molecule has 0 amide bonds. The van der Waals surface area contributed by atoms with E-state index in [1.54, 1.807) is 11.3 Å². The molecular weight excluding hydrogens is 273 g/mol. The summed E-state index contributed by atoms with van der Waals surface area (Å²) in [5.74, 6) is 0. The van der Waals surface area contributed by atoms with Crippen LogP contribution < -0.4 is 5.56 Å². The topological polar surface area (TPSA) is 22.0 Å². The van der Waals surface area contributed by atoms with Crippen LogP contribution in [-0.2, 0) is 0 Å². The van der Waals surface area contributed by atoms with Gasteiger partial charge in [-0.3, -0.25) is 0 Å². The van der Waals surface area contributed by atoms with Crippen molar-refractivity contribution in [3.63, 3.8) is 0 Å². The molecule has 2 aromatic heterocycles. The van der Waals surface area contributed by atoms with Crippen LogP contribution >= 0.6 is 11.3 Å². The summed E-state index contributed by atoms with van der Waals surface area (Å²) in [6.07, 6.45) is 0. The van der Waals surface area contributed by atoms with Crippen LogP contribution in [0.3, 0.4) is 0 Å². The van der Waals surface area contributed by atoms with Crippen LogP contribution in [0.1, 0.15) is 0 Å². The Bertz CT molecular complexity index is 650. The Kier molecular flexibility index (Phi) is 2.13. The van der Waals surface area contributed by atoms with Crippen LogP contribution in [0.5, 0.6) is 0 Å². The molecular formula is C11H7NOSSe. The van der Waals surface area contributed by atoms with Gasteiger partial charge >= 0.3 is 96.4 Å². The van der Waals surface area contributed by atoms with Crippen molar-refractivity contribution in [1.29, 1.82) is 0 Å². The predicted molar refractivity (Wildman–Crippen MR) is 64.4 cm³/mol. The first-order valence-electron chi connectivity index (χ1n) is 4.51. The van der Waals surface area contributed by atoms with Gasteiger partial charge < -0.3 is 0 Å². The van der Waals surface area contributed by atoms with Gasteiger partial charge in [-0.05, 0) is 0 Å². The quantitative estimate of drug-likeness (QED) is 0.626. The summed E-state index contributed by atoms with van der Waals surface area (Å²) in [4.78, 5) is 12.0. The van der Waals surface area contributed by atoms with Gasteiger partial charge in [-0.15, -0.1) is 0 Å². The number of nitrogens with zero attached hydrogens (tertiary/aromatic N) is 1. The van der Waals surface area contributed by atoms with Gasteiger partial charge in [0.25, 0.3) is 0 Å². The molecule has 0 fully saturated rings. The number of fused-ring (bicyclic) bond motifs is 1. The molecule has 2 heterocycles. The normalized spacial score (nSPS) is 10.9. The van der Waals surface area contributed by atoms with Crippen molar-refractivity contribution in [2.24, 2.45) is 0 Å². The minimum absolute atomic E-state index is 0.127. The summed E-state index contributed by atoms with van der Waals surface area (Å²) in [5, 5.41) is 2.89. The second-order valence-corrected chi connectivity index (χ2v) is 6.65. The SMILES string of the molecule is O=c1c2ccsc2[se]n1-c1ccccc1. The molecule has 3 aromatic rings. The van der Waals surface area contributed by atoms with Crippen LogP contribution in [0.4, 0.5) is 0 Å². The van der Waals surface area contributed by atoms with Gasteiger partial charge in [-0.25, -0.2) is 0 Å². The molecule has 0 aliphatic rings. The van der Waals surface area contributed by atoms with E-state index < -0.39 is 0 Å². The Morgan fingerprint density at radius 3 is 2.67 bits per heavy atom. The standard InChI is InChI=1S/C11H7NOSSe/c13-10-9-6-7-14-11(9)15-12(10)8-4-2-1-3-5-8/h1-7H. The van der Waals surface area contributed by atoms with E-state index in [9.17, 15) is 4.79 Å². The van der Waals surface area contributed by atoms with Gasteiger partial charge in [0.15, 0.2) is 0 Å². The third-order valence-electron chi connectivity index (χ3n) is 2.21. The van der Waals surface area contributed by atoms with E-state index in [0.29, 0.717) is 0 Å². The number of hydrogen-bond donors (Lipinski definition) is 0. The maximum absolute atomic E-state index is 12.0. The Hall–Kier alpha value is -1.09. The van der Waals surface area contributed by atoms with Crippen molar-refractivity contribution in [1.82, 2.24) is 3.56 Å². The third kappa shape index (κ3) is 1.42. The second-order valence-electron chi connectivity index (χ2n) is 3.15. The Labute approximate surface area is 96.4 Å². The molecule has 0 saturated heterocycles. The number of para-hydroxylation sites is 1. The predicted octanol–water partition coefficient (Wildman–Crippen LogP) is 2.11. The summed E-state index contributed by atoms with van der Waals surface area (Å²) in [7, 11) is 0. The van der Waals surface area contributed by atoms with Crippen molar-refractivity contribution >= 4 is 35.0 Å². The van der Waals surface area contributed by atoms with Crippen LogP contribution in [0.25, 0.3) is 14.6 Å². The van der Waals surface area contributed by atoms with Gasteiger partial charge in [0.2, 0.25) is 0 Å². The van der Waals surface area contributed by atoms with E-state index >= 15 is 0 Å². The molecule has 0 unspecified atom stereocenters. The molecule has 0 bridgehead atoms. The van der Waals surface area contributed by atoms with Gasteiger partial charge in [0.05, 0.1) is 0 Å². The molecule has 2 nitrogen and oxygen atoms in total. The molecule has 0 saturated carbocycles. The van der Waals surface area contributed by atoms with Crippen LogP contribution in [0, 0.1) is 0 Å². The van der Waals surface area contributed by atoms with Crippen molar-refractivity contribution in [3.05, 3.63) is 52.1 Å². The van der Waals surface area contributed by atoms with Crippen molar-refractivity contribution in [2.45, 2.75) is 0 Å². The van der Waals surface area contributed by atoms with E-state index in [1.807, 2.05) is 45.3 Å². The Morgan fingerprint density at radius 2 is 1.93 bits per heavy atom. The zero-order chi connectivity index (χ0) is 10.3. The summed E-state index contributed by atoms with van der Waals surface area (Å²) in [6.45, 7) is 0. The summed E-state index contributed by atoms with van der Waals surface area (Å²) in [6, 6.07) is 11.8. The molecule has 0 aliphatic heterocycles. The molecule has 0 aliphatic carbocycles. The molecule has 3 rings (SSSR count). The van der Waals surface area contributed by atoms with Gasteiger partial charge in [-0.1, -0.05) is 0 Å². The van der Waals surface area contributed by atoms with E-state index in [1.165, 1.54) is 3.57 Å². The number of hydrogen-bond acceptors (Lipinski definition) is 2. The molecule has 74 valence electrons. The Morgan fingerprint density at radius 1 is 1.13 bits per heavy atom. The van der Waals surface area contributed by atoms with Crippen LogP contribution in [0.15, 0.2) is 46.6 Å². The summed E-state index contributed by atoms with van der Waals surface area (Å²) in [5.41, 5.74) is 1.16. The molecule has 1 aromatic carbocycles. The average Bonchev–Trinajstić information content (AvgIpc) is 2.83. The number of thiophene rings is 1. The molecule has 0 N–H and O–H groups in total. The monoisotopic (exact) mass is 281 g/mol. The fourth-order valence-corrected chi connectivity index (χ4v) is 4.89. The molecule has 0 atom stereocenters. The number of aromatic nitrogens is 1. The number of benzene rings is 1. The van der Waals surface area contributed by atoms with Crippen molar-refractivity contribution in [3.8, 4) is 5.69 Å². The van der Waals surface area contributed by atoms with E-state index in [2.05, 4.69) is 0 Å². The van der Waals surface area contributed by atoms with E-state index in [4.69, 9.17) is 0 Å². The maximum atomic E-state index is 12.0. The summed E-state index contributed by atoms with van der Waals surface area (Å²) < 4.78 is 3.12. The van der Waals surface area contributed by atoms with Gasteiger partial charge in [0, 0.05) is 0 Å².